The number of ether oxygens (including phenoxy) is 1. The number of hydrogen-bond acceptors (Lipinski definition) is 4. The lowest BCUT2D eigenvalue weighted by atomic mass is 9.57. The minimum absolute atomic E-state index is 0.358. The van der Waals surface area contributed by atoms with Crippen LogP contribution in [0.2, 0.25) is 0 Å². The number of amides is 1. The van der Waals surface area contributed by atoms with Crippen LogP contribution in [0.3, 0.4) is 0 Å². The molecular weight excluding hydrogens is 222 g/mol. The molecule has 2 aliphatic rings. The normalized spacial score (nSPS) is 38.8. The second-order valence-electron chi connectivity index (χ2n) is 5.62. The molecule has 1 saturated heterocycles. The average Bonchev–Trinajstić information content (AvgIpc) is 2.40. The summed E-state index contributed by atoms with van der Waals surface area (Å²) in [5, 5.41) is 2.52. The summed E-state index contributed by atoms with van der Waals surface area (Å²) in [4.78, 5) is 36.0. The molecule has 1 saturated carbocycles. The Hall–Kier alpha value is -1.39. The van der Waals surface area contributed by atoms with E-state index in [9.17, 15) is 14.4 Å². The predicted octanol–water partition coefficient (Wildman–Crippen LogP) is 0.628. The summed E-state index contributed by atoms with van der Waals surface area (Å²) < 4.78 is 4.80. The third-order valence-electron chi connectivity index (χ3n) is 5.05. The van der Waals surface area contributed by atoms with Crippen LogP contribution in [0.5, 0.6) is 0 Å². The molecule has 2 unspecified atom stereocenters. The van der Waals surface area contributed by atoms with Crippen molar-refractivity contribution in [2.24, 2.45) is 16.2 Å². The first-order valence-corrected chi connectivity index (χ1v) is 5.73. The largest absolute Gasteiger partial charge is 0.392 e. The Kier molecular flexibility index (Phi) is 2.19. The van der Waals surface area contributed by atoms with E-state index in [4.69, 9.17) is 4.74 Å². The smallest absolute Gasteiger partial charge is 0.329 e. The molecule has 94 valence electrons. The first-order valence-electron chi connectivity index (χ1n) is 5.73. The number of esters is 2. The van der Waals surface area contributed by atoms with Gasteiger partial charge in [-0.1, -0.05) is 13.8 Å². The van der Waals surface area contributed by atoms with Crippen LogP contribution in [0.25, 0.3) is 0 Å². The molecule has 5 heteroatoms. The number of cyclic esters (lactones) is 2. The molecule has 2 bridgehead atoms. The van der Waals surface area contributed by atoms with Crippen LogP contribution in [-0.4, -0.2) is 24.9 Å². The molecule has 1 N–H and O–H groups in total. The number of fused-ring (bicyclic) bond motifs is 2. The van der Waals surface area contributed by atoms with Crippen molar-refractivity contribution < 1.29 is 19.1 Å². The lowest BCUT2D eigenvalue weighted by Crippen LogP contribution is -2.61. The zero-order valence-electron chi connectivity index (χ0n) is 10.5. The van der Waals surface area contributed by atoms with E-state index < -0.39 is 28.2 Å². The van der Waals surface area contributed by atoms with Crippen LogP contribution in [0, 0.1) is 16.2 Å². The van der Waals surface area contributed by atoms with Crippen molar-refractivity contribution in [3.8, 4) is 0 Å². The van der Waals surface area contributed by atoms with Gasteiger partial charge in [-0.25, -0.2) is 0 Å². The van der Waals surface area contributed by atoms with Crippen LogP contribution < -0.4 is 5.32 Å². The van der Waals surface area contributed by atoms with E-state index in [1.54, 1.807) is 20.8 Å². The summed E-state index contributed by atoms with van der Waals surface area (Å²) in [7, 11) is 1.49. The molecule has 0 spiro atoms. The summed E-state index contributed by atoms with van der Waals surface area (Å²) in [6, 6.07) is 0. The quantitative estimate of drug-likeness (QED) is 0.538. The lowest BCUT2D eigenvalue weighted by Gasteiger charge is -2.47. The average molecular weight is 239 g/mol. The van der Waals surface area contributed by atoms with Gasteiger partial charge in [-0.05, 0) is 19.8 Å². The molecule has 0 aromatic rings. The summed E-state index contributed by atoms with van der Waals surface area (Å²) in [5.74, 6) is -1.57. The van der Waals surface area contributed by atoms with Crippen LogP contribution in [0.1, 0.15) is 33.6 Å². The minimum Gasteiger partial charge on any atom is -0.392 e. The highest BCUT2D eigenvalue weighted by molar-refractivity contribution is 6.11. The molecule has 1 amide bonds. The van der Waals surface area contributed by atoms with E-state index >= 15 is 0 Å². The maximum absolute atomic E-state index is 12.1. The molecule has 0 aromatic heterocycles. The molecule has 5 nitrogen and oxygen atoms in total. The number of rotatable bonds is 1. The molecule has 0 aromatic carbocycles. The molecule has 17 heavy (non-hydrogen) atoms. The maximum Gasteiger partial charge on any atom is 0.329 e. The van der Waals surface area contributed by atoms with Crippen molar-refractivity contribution >= 4 is 17.8 Å². The minimum atomic E-state index is -1.23. The molecular formula is C12H17NO4. The van der Waals surface area contributed by atoms with E-state index in [0.29, 0.717) is 12.8 Å². The topological polar surface area (TPSA) is 72.5 Å². The number of carbonyl (C=O) groups is 3. The zero-order valence-corrected chi connectivity index (χ0v) is 10.5. The van der Waals surface area contributed by atoms with Gasteiger partial charge in [-0.2, -0.15) is 0 Å². The molecule has 2 fully saturated rings. The zero-order chi connectivity index (χ0) is 13.1. The Morgan fingerprint density at radius 3 is 2.29 bits per heavy atom. The Bertz CT molecular complexity index is 428. The van der Waals surface area contributed by atoms with Crippen LogP contribution in [-0.2, 0) is 19.1 Å². The van der Waals surface area contributed by atoms with Gasteiger partial charge in [0.05, 0.1) is 5.41 Å². The van der Waals surface area contributed by atoms with E-state index in [-0.39, 0.29) is 5.91 Å². The highest BCUT2D eigenvalue weighted by atomic mass is 16.6. The second-order valence-corrected chi connectivity index (χ2v) is 5.62. The molecule has 2 atom stereocenters. The van der Waals surface area contributed by atoms with Gasteiger partial charge in [-0.15, -0.1) is 0 Å². The fourth-order valence-electron chi connectivity index (χ4n) is 3.24. The van der Waals surface area contributed by atoms with Crippen molar-refractivity contribution in [1.82, 2.24) is 5.32 Å². The van der Waals surface area contributed by atoms with Crippen molar-refractivity contribution in [2.75, 3.05) is 7.05 Å². The van der Waals surface area contributed by atoms with Crippen molar-refractivity contribution in [1.29, 1.82) is 0 Å². The van der Waals surface area contributed by atoms with E-state index in [1.165, 1.54) is 7.05 Å². The van der Waals surface area contributed by atoms with Gasteiger partial charge < -0.3 is 10.1 Å². The summed E-state index contributed by atoms with van der Waals surface area (Å²) >= 11 is 0. The Morgan fingerprint density at radius 1 is 1.18 bits per heavy atom. The molecule has 1 heterocycles. The van der Waals surface area contributed by atoms with Crippen molar-refractivity contribution in [3.05, 3.63) is 0 Å². The number of carbonyl (C=O) groups excluding carboxylic acids is 3. The SMILES string of the molecule is CNC(=O)C12CCC(C)(C(=O)OC1=O)C2(C)C. The Labute approximate surface area is 99.9 Å². The van der Waals surface area contributed by atoms with Gasteiger partial charge in [-0.3, -0.25) is 14.4 Å². The maximum atomic E-state index is 12.1. The van der Waals surface area contributed by atoms with Crippen LogP contribution >= 0.6 is 0 Å². The van der Waals surface area contributed by atoms with Crippen molar-refractivity contribution in [2.45, 2.75) is 33.6 Å². The van der Waals surface area contributed by atoms with Gasteiger partial charge in [0, 0.05) is 12.5 Å². The van der Waals surface area contributed by atoms with Gasteiger partial charge in [0.2, 0.25) is 5.91 Å². The van der Waals surface area contributed by atoms with Crippen molar-refractivity contribution in [3.63, 3.8) is 0 Å². The molecule has 2 rings (SSSR count). The fraction of sp³-hybridized carbons (Fsp3) is 0.750. The highest BCUT2D eigenvalue weighted by Gasteiger charge is 2.75. The molecule has 1 aliphatic carbocycles. The molecule has 0 radical (unpaired) electrons. The summed E-state index contributed by atoms with van der Waals surface area (Å²) in [6.07, 6.45) is 0.860. The van der Waals surface area contributed by atoms with Crippen LogP contribution in [0.4, 0.5) is 0 Å². The van der Waals surface area contributed by atoms with E-state index in [0.717, 1.165) is 0 Å². The van der Waals surface area contributed by atoms with Gasteiger partial charge in [0.25, 0.3) is 0 Å². The van der Waals surface area contributed by atoms with Gasteiger partial charge >= 0.3 is 11.9 Å². The van der Waals surface area contributed by atoms with Gasteiger partial charge in [0.15, 0.2) is 5.41 Å². The third-order valence-corrected chi connectivity index (χ3v) is 5.05. The van der Waals surface area contributed by atoms with E-state index in [1.807, 2.05) is 0 Å². The lowest BCUT2D eigenvalue weighted by molar-refractivity contribution is -0.196. The summed E-state index contributed by atoms with van der Waals surface area (Å²) in [5.41, 5.74) is -2.73. The number of hydrogen-bond donors (Lipinski definition) is 1. The monoisotopic (exact) mass is 239 g/mol. The second kappa shape index (κ2) is 3.09. The first kappa shape index (κ1) is 12.1. The first-order chi connectivity index (χ1) is 7.74. The Balaban J connectivity index is 2.64. The van der Waals surface area contributed by atoms with Gasteiger partial charge in [0.1, 0.15) is 0 Å². The van der Waals surface area contributed by atoms with E-state index in [2.05, 4.69) is 5.32 Å². The fourth-order valence-corrected chi connectivity index (χ4v) is 3.24. The summed E-state index contributed by atoms with van der Waals surface area (Å²) in [6.45, 7) is 5.37. The standard InChI is InChI=1S/C12H17NO4/c1-10(2)11(3)5-6-12(10,7(14)13-4)9(16)17-8(11)15/h5-6H2,1-4H3,(H,13,14). The molecule has 1 aliphatic heterocycles. The van der Waals surface area contributed by atoms with Crippen LogP contribution in [0.15, 0.2) is 0 Å². The number of nitrogens with one attached hydrogen (secondary N) is 1. The Morgan fingerprint density at radius 2 is 1.76 bits per heavy atom. The highest BCUT2D eigenvalue weighted by Crippen LogP contribution is 2.66. The third kappa shape index (κ3) is 1.02. The predicted molar refractivity (Wildman–Crippen MR) is 58.7 cm³/mol.